The molecule has 0 spiro atoms. The number of nitrogens with zero attached hydrogens (tertiary/aromatic N) is 3. The standard InChI is InChI=1S/C13H21N3O2/c17-7-6-16(12-4-2-1-3-5-12)13-14-8-11(10-18)9-15-13/h8-9,12,17-18H,1-7,10H2. The molecule has 5 heteroatoms. The van der Waals surface area contributed by atoms with E-state index in [1.807, 2.05) is 0 Å². The molecule has 18 heavy (non-hydrogen) atoms. The molecule has 0 saturated heterocycles. The maximum Gasteiger partial charge on any atom is 0.225 e. The molecule has 2 rings (SSSR count). The summed E-state index contributed by atoms with van der Waals surface area (Å²) < 4.78 is 0. The molecule has 100 valence electrons. The quantitative estimate of drug-likeness (QED) is 0.820. The Kier molecular flexibility index (Phi) is 4.90. The Labute approximate surface area is 107 Å². The van der Waals surface area contributed by atoms with Crippen molar-refractivity contribution in [2.24, 2.45) is 0 Å². The second kappa shape index (κ2) is 6.66. The molecule has 2 N–H and O–H groups in total. The zero-order valence-corrected chi connectivity index (χ0v) is 10.6. The fourth-order valence-corrected chi connectivity index (χ4v) is 2.52. The number of hydrogen-bond donors (Lipinski definition) is 2. The largest absolute Gasteiger partial charge is 0.395 e. The molecule has 0 amide bonds. The molecule has 1 heterocycles. The number of rotatable bonds is 5. The third-order valence-corrected chi connectivity index (χ3v) is 3.49. The number of aliphatic hydroxyl groups excluding tert-OH is 2. The maximum atomic E-state index is 9.19. The van der Waals surface area contributed by atoms with Gasteiger partial charge in [0.05, 0.1) is 13.2 Å². The van der Waals surface area contributed by atoms with Gasteiger partial charge in [-0.05, 0) is 12.8 Å². The van der Waals surface area contributed by atoms with Gasteiger partial charge in [0, 0.05) is 30.5 Å². The molecular weight excluding hydrogens is 230 g/mol. The average Bonchev–Trinajstić information content (AvgIpc) is 2.46. The second-order valence-electron chi connectivity index (χ2n) is 4.76. The normalized spacial score (nSPS) is 16.8. The Morgan fingerprint density at radius 2 is 1.78 bits per heavy atom. The third kappa shape index (κ3) is 3.17. The van der Waals surface area contributed by atoms with Crippen molar-refractivity contribution in [1.82, 2.24) is 9.97 Å². The van der Waals surface area contributed by atoms with Crippen LogP contribution in [0.15, 0.2) is 12.4 Å². The minimum absolute atomic E-state index is 0.0380. The third-order valence-electron chi connectivity index (χ3n) is 3.49. The van der Waals surface area contributed by atoms with Crippen LogP contribution in [-0.4, -0.2) is 39.4 Å². The van der Waals surface area contributed by atoms with E-state index in [0.29, 0.717) is 24.1 Å². The monoisotopic (exact) mass is 251 g/mol. The van der Waals surface area contributed by atoms with Gasteiger partial charge in [0.2, 0.25) is 5.95 Å². The highest BCUT2D eigenvalue weighted by atomic mass is 16.3. The van der Waals surface area contributed by atoms with Gasteiger partial charge in [-0.3, -0.25) is 0 Å². The van der Waals surface area contributed by atoms with Crippen LogP contribution in [0.5, 0.6) is 0 Å². The van der Waals surface area contributed by atoms with Crippen LogP contribution in [-0.2, 0) is 6.61 Å². The zero-order chi connectivity index (χ0) is 12.8. The zero-order valence-electron chi connectivity index (χ0n) is 10.6. The molecule has 0 bridgehead atoms. The van der Waals surface area contributed by atoms with E-state index in [1.54, 1.807) is 12.4 Å². The highest BCUT2D eigenvalue weighted by Gasteiger charge is 2.22. The van der Waals surface area contributed by atoms with Crippen LogP contribution in [0.25, 0.3) is 0 Å². The van der Waals surface area contributed by atoms with Crippen LogP contribution < -0.4 is 4.90 Å². The fraction of sp³-hybridized carbons (Fsp3) is 0.692. The van der Waals surface area contributed by atoms with Gasteiger partial charge in [0.15, 0.2) is 0 Å². The average molecular weight is 251 g/mol. The Morgan fingerprint density at radius 1 is 1.11 bits per heavy atom. The van der Waals surface area contributed by atoms with Gasteiger partial charge in [-0.25, -0.2) is 9.97 Å². The number of hydrogen-bond acceptors (Lipinski definition) is 5. The van der Waals surface area contributed by atoms with Crippen LogP contribution in [0.4, 0.5) is 5.95 Å². The van der Waals surface area contributed by atoms with Crippen molar-refractivity contribution in [3.8, 4) is 0 Å². The van der Waals surface area contributed by atoms with Crippen molar-refractivity contribution in [2.45, 2.75) is 44.8 Å². The number of aliphatic hydroxyl groups is 2. The summed E-state index contributed by atoms with van der Waals surface area (Å²) in [6, 6.07) is 0.436. The lowest BCUT2D eigenvalue weighted by molar-refractivity contribution is 0.280. The molecule has 1 fully saturated rings. The van der Waals surface area contributed by atoms with Gasteiger partial charge in [0.1, 0.15) is 0 Å². The van der Waals surface area contributed by atoms with E-state index in [-0.39, 0.29) is 13.2 Å². The van der Waals surface area contributed by atoms with Crippen LogP contribution in [0.3, 0.4) is 0 Å². The summed E-state index contributed by atoms with van der Waals surface area (Å²) in [6.45, 7) is 0.647. The molecule has 0 unspecified atom stereocenters. The summed E-state index contributed by atoms with van der Waals surface area (Å²) in [4.78, 5) is 10.7. The molecule has 0 atom stereocenters. The molecular formula is C13H21N3O2. The van der Waals surface area contributed by atoms with Gasteiger partial charge in [-0.15, -0.1) is 0 Å². The fourth-order valence-electron chi connectivity index (χ4n) is 2.52. The Hall–Kier alpha value is -1.20. The SMILES string of the molecule is OCCN(c1ncc(CO)cn1)C1CCCCC1. The first-order chi connectivity index (χ1) is 8.85. The van der Waals surface area contributed by atoms with Gasteiger partial charge in [-0.1, -0.05) is 19.3 Å². The van der Waals surface area contributed by atoms with Crippen molar-refractivity contribution >= 4 is 5.95 Å². The van der Waals surface area contributed by atoms with E-state index >= 15 is 0 Å². The van der Waals surface area contributed by atoms with Crippen molar-refractivity contribution in [1.29, 1.82) is 0 Å². The lowest BCUT2D eigenvalue weighted by Gasteiger charge is -2.33. The lowest BCUT2D eigenvalue weighted by Crippen LogP contribution is -2.40. The Morgan fingerprint density at radius 3 is 2.33 bits per heavy atom. The van der Waals surface area contributed by atoms with Gasteiger partial charge in [0.25, 0.3) is 0 Å². The van der Waals surface area contributed by atoms with Gasteiger partial charge < -0.3 is 15.1 Å². The maximum absolute atomic E-state index is 9.19. The molecule has 1 aromatic rings. The molecule has 1 aliphatic carbocycles. The lowest BCUT2D eigenvalue weighted by atomic mass is 9.94. The van der Waals surface area contributed by atoms with Crippen molar-refractivity contribution in [3.05, 3.63) is 18.0 Å². The second-order valence-corrected chi connectivity index (χ2v) is 4.76. The Bertz CT molecular complexity index is 350. The van der Waals surface area contributed by atoms with E-state index in [4.69, 9.17) is 5.11 Å². The van der Waals surface area contributed by atoms with Crippen LogP contribution in [0, 0.1) is 0 Å². The van der Waals surface area contributed by atoms with Gasteiger partial charge in [-0.2, -0.15) is 0 Å². The minimum Gasteiger partial charge on any atom is -0.395 e. The van der Waals surface area contributed by atoms with Gasteiger partial charge >= 0.3 is 0 Å². The first kappa shape index (κ1) is 13.2. The van der Waals surface area contributed by atoms with E-state index in [9.17, 15) is 5.11 Å². The summed E-state index contributed by atoms with van der Waals surface area (Å²) in [5, 5.41) is 18.2. The molecule has 0 aromatic carbocycles. The van der Waals surface area contributed by atoms with Crippen molar-refractivity contribution < 1.29 is 10.2 Å². The van der Waals surface area contributed by atoms with E-state index in [0.717, 1.165) is 12.8 Å². The van der Waals surface area contributed by atoms with E-state index in [1.165, 1.54) is 19.3 Å². The smallest absolute Gasteiger partial charge is 0.225 e. The minimum atomic E-state index is -0.0380. The summed E-state index contributed by atoms with van der Waals surface area (Å²) in [7, 11) is 0. The topological polar surface area (TPSA) is 69.5 Å². The number of anilines is 1. The summed E-state index contributed by atoms with van der Waals surface area (Å²) in [5.41, 5.74) is 0.714. The molecule has 1 aromatic heterocycles. The highest BCUT2D eigenvalue weighted by molar-refractivity contribution is 5.31. The molecule has 1 aliphatic rings. The predicted molar refractivity (Wildman–Crippen MR) is 69.3 cm³/mol. The Balaban J connectivity index is 2.11. The predicted octanol–water partition coefficient (Wildman–Crippen LogP) is 1.10. The first-order valence-electron chi connectivity index (χ1n) is 6.64. The first-order valence-corrected chi connectivity index (χ1v) is 6.64. The molecule has 1 saturated carbocycles. The summed E-state index contributed by atoms with van der Waals surface area (Å²) >= 11 is 0. The highest BCUT2D eigenvalue weighted by Crippen LogP contribution is 2.24. The molecule has 5 nitrogen and oxygen atoms in total. The summed E-state index contributed by atoms with van der Waals surface area (Å²) in [6.07, 6.45) is 9.36. The van der Waals surface area contributed by atoms with Crippen LogP contribution in [0.1, 0.15) is 37.7 Å². The van der Waals surface area contributed by atoms with Crippen LogP contribution in [0.2, 0.25) is 0 Å². The van der Waals surface area contributed by atoms with E-state index < -0.39 is 0 Å². The summed E-state index contributed by atoms with van der Waals surface area (Å²) in [5.74, 6) is 0.660. The van der Waals surface area contributed by atoms with Crippen molar-refractivity contribution in [2.75, 3.05) is 18.1 Å². The number of aromatic nitrogens is 2. The van der Waals surface area contributed by atoms with E-state index in [2.05, 4.69) is 14.9 Å². The molecule has 0 aliphatic heterocycles. The molecule has 0 radical (unpaired) electrons. The van der Waals surface area contributed by atoms with Crippen molar-refractivity contribution in [3.63, 3.8) is 0 Å². The van der Waals surface area contributed by atoms with Crippen LogP contribution >= 0.6 is 0 Å².